The summed E-state index contributed by atoms with van der Waals surface area (Å²) < 4.78 is 2.79. The minimum Gasteiger partial charge on any atom is -0.181 e. The van der Waals surface area contributed by atoms with Gasteiger partial charge >= 0.3 is 12.8 Å². The molecule has 0 radical (unpaired) electrons. The summed E-state index contributed by atoms with van der Waals surface area (Å²) >= 11 is 0. The largest absolute Gasteiger partial charge is 0.474 e. The predicted molar refractivity (Wildman–Crippen MR) is 16.4 cm³/mol. The maximum absolute atomic E-state index is 8.58. The second-order valence-electron chi connectivity index (χ2n) is 0.235. The SMILES string of the molecule is BO[O+]=O. The quantitative estimate of drug-likeness (QED) is 0.170. The van der Waals surface area contributed by atoms with Crippen molar-refractivity contribution in [3.05, 3.63) is 9.71 Å². The first-order valence-electron chi connectivity index (χ1n) is 0.742. The molecule has 0 bridgehead atoms. The molecule has 0 spiro atoms. The second-order valence-corrected chi connectivity index (χ2v) is 0.235. The fourth-order valence-electron chi connectivity index (χ4n) is 0. The van der Waals surface area contributed by atoms with E-state index in [0.717, 1.165) is 8.05 Å². The second kappa shape index (κ2) is 2.46. The topological polar surface area (TPSA) is 37.6 Å². The van der Waals surface area contributed by atoms with Crippen LogP contribution in [0.5, 0.6) is 0 Å². The first-order valence-corrected chi connectivity index (χ1v) is 0.742. The smallest absolute Gasteiger partial charge is 0.181 e. The molecule has 0 saturated carbocycles. The van der Waals surface area contributed by atoms with E-state index in [1.807, 2.05) is 0 Å². The molecule has 0 rings (SSSR count). The minimum atomic E-state index is 1.15. The van der Waals surface area contributed by atoms with E-state index < -0.39 is 0 Å². The summed E-state index contributed by atoms with van der Waals surface area (Å²) in [6.45, 7) is 0. The highest BCUT2D eigenvalue weighted by Gasteiger charge is 1.68. The average Bonchev–Trinajstić information content (AvgIpc) is 1.37. The Bertz CT molecular complexity index is 17.2. The van der Waals surface area contributed by atoms with Crippen LogP contribution in [0.2, 0.25) is 0 Å². The molecule has 0 aromatic carbocycles. The Morgan fingerprint density at radius 2 is 2.25 bits per heavy atom. The van der Waals surface area contributed by atoms with Crippen molar-refractivity contribution in [3.8, 4) is 0 Å². The van der Waals surface area contributed by atoms with Crippen molar-refractivity contribution in [1.29, 1.82) is 0 Å². The van der Waals surface area contributed by atoms with E-state index in [-0.39, 0.29) is 0 Å². The first-order chi connectivity index (χ1) is 1.91. The standard InChI is InChI=1S/BH2O3/c1-3-4-2/h1H2/q+1. The fraction of sp³-hybridized carbons (Fsp3) is 0. The van der Waals surface area contributed by atoms with E-state index in [2.05, 4.69) is 9.55 Å². The third-order valence-electron chi connectivity index (χ3n) is 0.0680. The van der Waals surface area contributed by atoms with E-state index in [0.29, 0.717) is 0 Å². The van der Waals surface area contributed by atoms with Gasteiger partial charge in [-0.15, -0.1) is 0 Å². The molecule has 0 aliphatic rings. The summed E-state index contributed by atoms with van der Waals surface area (Å²) in [6.07, 6.45) is 0. The monoisotopic (exact) mass is 61.0 g/mol. The third kappa shape index (κ3) is 1.46. The molecule has 4 heteroatoms. The van der Waals surface area contributed by atoms with E-state index in [1.165, 1.54) is 0 Å². The van der Waals surface area contributed by atoms with E-state index in [1.54, 1.807) is 0 Å². The lowest BCUT2D eigenvalue weighted by atomic mass is 10.6. The maximum atomic E-state index is 8.58. The van der Waals surface area contributed by atoms with Crippen LogP contribution in [0.3, 0.4) is 0 Å². The van der Waals surface area contributed by atoms with Crippen molar-refractivity contribution < 1.29 is 4.81 Å². The number of hydrogen-bond acceptors (Lipinski definition) is 2. The van der Waals surface area contributed by atoms with Crippen LogP contribution < -0.4 is 0 Å². The summed E-state index contributed by atoms with van der Waals surface area (Å²) in [4.78, 5) is 12.1. The van der Waals surface area contributed by atoms with Gasteiger partial charge in [0.2, 0.25) is 0 Å². The molecule has 22 valence electrons. The van der Waals surface area contributed by atoms with Gasteiger partial charge in [-0.3, -0.25) is 0 Å². The molecular weight excluding hydrogens is 58.8 g/mol. The molecule has 0 fully saturated rings. The normalized spacial score (nSPS) is 5.00. The van der Waals surface area contributed by atoms with Gasteiger partial charge in [-0.05, 0) is 0 Å². The van der Waals surface area contributed by atoms with Crippen molar-refractivity contribution in [1.82, 2.24) is 0 Å². The summed E-state index contributed by atoms with van der Waals surface area (Å²) in [7, 11) is 1.15. The minimum absolute atomic E-state index is 1.15. The van der Waals surface area contributed by atoms with Gasteiger partial charge < -0.3 is 0 Å². The lowest BCUT2D eigenvalue weighted by molar-refractivity contribution is 0.520. The van der Waals surface area contributed by atoms with Gasteiger partial charge in [0.05, 0.1) is 0 Å². The van der Waals surface area contributed by atoms with Gasteiger partial charge in [0.1, 0.15) is 0 Å². The summed E-state index contributed by atoms with van der Waals surface area (Å²) in [5.41, 5.74) is 0. The van der Waals surface area contributed by atoms with Gasteiger partial charge in [0.15, 0.2) is 0 Å². The van der Waals surface area contributed by atoms with Crippen molar-refractivity contribution in [2.24, 2.45) is 0 Å². The molecule has 3 nitrogen and oxygen atoms in total. The molecule has 0 aromatic rings. The van der Waals surface area contributed by atoms with Crippen LogP contribution in [0.25, 0.3) is 0 Å². The zero-order chi connectivity index (χ0) is 3.41. The van der Waals surface area contributed by atoms with Crippen molar-refractivity contribution in [3.63, 3.8) is 0 Å². The number of hydrogen-bond donors (Lipinski definition) is 0. The molecule has 0 unspecified atom stereocenters. The van der Waals surface area contributed by atoms with Crippen LogP contribution in [0.1, 0.15) is 0 Å². The van der Waals surface area contributed by atoms with Crippen LogP contribution in [0.4, 0.5) is 0 Å². The first kappa shape index (κ1) is 3.46. The molecule has 0 amide bonds. The fourth-order valence-corrected chi connectivity index (χ4v) is 0. The molecule has 0 saturated heterocycles. The zero-order valence-electron chi connectivity index (χ0n) is 2.22. The van der Waals surface area contributed by atoms with Crippen molar-refractivity contribution in [2.75, 3.05) is 0 Å². The molecule has 4 heavy (non-hydrogen) atoms. The molecule has 0 aromatic heterocycles. The van der Waals surface area contributed by atoms with Gasteiger partial charge in [0, 0.05) is 0 Å². The highest BCUT2D eigenvalue weighted by atomic mass is 17.3. The van der Waals surface area contributed by atoms with E-state index in [4.69, 9.17) is 4.96 Å². The summed E-state index contributed by atoms with van der Waals surface area (Å²) in [6, 6.07) is 0. The van der Waals surface area contributed by atoms with Gasteiger partial charge in [-0.1, -0.05) is 0 Å². The zero-order valence-corrected chi connectivity index (χ0v) is 2.22. The lowest BCUT2D eigenvalue weighted by Crippen LogP contribution is -1.62. The molecule has 0 aliphatic carbocycles. The van der Waals surface area contributed by atoms with Crippen LogP contribution in [0, 0.1) is 9.71 Å². The Morgan fingerprint density at radius 1 is 2.00 bits per heavy atom. The Balaban J connectivity index is 2.30. The highest BCUT2D eigenvalue weighted by Crippen LogP contribution is 1.44. The van der Waals surface area contributed by atoms with Crippen LogP contribution in [0.15, 0.2) is 0 Å². The van der Waals surface area contributed by atoms with Crippen LogP contribution in [-0.2, 0) is 4.81 Å². The highest BCUT2D eigenvalue weighted by molar-refractivity contribution is 5.98. The van der Waals surface area contributed by atoms with Gasteiger partial charge in [0.25, 0.3) is 4.96 Å². The molecular formula is H2BO3+. The maximum Gasteiger partial charge on any atom is 0.474 e. The summed E-state index contributed by atoms with van der Waals surface area (Å²) in [5, 5.41) is 0. The van der Waals surface area contributed by atoms with Gasteiger partial charge in [-0.2, -0.15) is 4.81 Å². The molecule has 0 atom stereocenters. The average molecular weight is 60.8 g/mol. The Labute approximate surface area is 23.9 Å². The van der Waals surface area contributed by atoms with Crippen molar-refractivity contribution >= 4 is 8.05 Å². The third-order valence-corrected chi connectivity index (χ3v) is 0.0680. The van der Waals surface area contributed by atoms with Crippen LogP contribution in [-0.4, -0.2) is 8.05 Å². The van der Waals surface area contributed by atoms with Crippen molar-refractivity contribution in [2.45, 2.75) is 0 Å². The van der Waals surface area contributed by atoms with Gasteiger partial charge in [-0.25, -0.2) is 0 Å². The lowest BCUT2D eigenvalue weighted by Gasteiger charge is -1.40. The van der Waals surface area contributed by atoms with Crippen LogP contribution >= 0.6 is 0 Å². The number of rotatable bonds is 1. The van der Waals surface area contributed by atoms with E-state index in [9.17, 15) is 0 Å². The Morgan fingerprint density at radius 3 is 2.25 bits per heavy atom. The molecule has 0 heterocycles. The predicted octanol–water partition coefficient (Wildman–Crippen LogP) is -0.918. The molecule has 0 N–H and O–H groups in total. The molecule has 0 aliphatic heterocycles. The van der Waals surface area contributed by atoms with E-state index >= 15 is 0 Å². The Hall–Kier alpha value is -0.535. The summed E-state index contributed by atoms with van der Waals surface area (Å²) in [5.74, 6) is 0. The Kier molecular flexibility index (Phi) is 2.14.